The second kappa shape index (κ2) is 4.34. The van der Waals surface area contributed by atoms with Crippen LogP contribution in [-0.2, 0) is 29.0 Å². The molecule has 0 radical (unpaired) electrons. The van der Waals surface area contributed by atoms with Crippen LogP contribution in [0.15, 0.2) is 0 Å². The van der Waals surface area contributed by atoms with Gasteiger partial charge in [-0.05, 0) is 0 Å². The van der Waals surface area contributed by atoms with Crippen molar-refractivity contribution in [1.29, 1.82) is 0 Å². The molecule has 0 fully saturated rings. The van der Waals surface area contributed by atoms with E-state index in [9.17, 15) is 38.8 Å². The van der Waals surface area contributed by atoms with Gasteiger partial charge in [0.05, 0.1) is 0 Å². The zero-order chi connectivity index (χ0) is 11.1. The molecule has 0 atom stereocenters. The fraction of sp³-hybridized carbons (Fsp3) is 1.00. The van der Waals surface area contributed by atoms with E-state index in [-0.39, 0.29) is 18.9 Å². The molecule has 0 N–H and O–H groups in total. The van der Waals surface area contributed by atoms with Gasteiger partial charge in [-0.2, -0.15) is 13.2 Å². The van der Waals surface area contributed by atoms with Crippen molar-refractivity contribution >= 4 is 20.5 Å². The smallest absolute Gasteiger partial charge is 0.418 e. The van der Waals surface area contributed by atoms with Gasteiger partial charge in [0.15, 0.2) is 0 Å². The molecule has 0 aliphatic heterocycles. The van der Waals surface area contributed by atoms with Crippen molar-refractivity contribution in [3.63, 3.8) is 0 Å². The molecule has 0 rings (SSSR count). The monoisotopic (exact) mass is 254 g/mol. The van der Waals surface area contributed by atoms with Gasteiger partial charge in [0, 0.05) is 10.7 Å². The Balaban J connectivity index is 0. The average molecular weight is 254 g/mol. The molecule has 0 aromatic rings. The summed E-state index contributed by atoms with van der Waals surface area (Å²) in [5, 5.41) is 0. The minimum atomic E-state index is -7.02. The van der Waals surface area contributed by atoms with Crippen molar-refractivity contribution in [3.05, 3.63) is 0 Å². The van der Waals surface area contributed by atoms with Gasteiger partial charge in [-0.15, -0.1) is 0 Å². The summed E-state index contributed by atoms with van der Waals surface area (Å²) in [6, 6.07) is 0. The summed E-state index contributed by atoms with van der Waals surface area (Å²) in [5.41, 5.74) is -6.31. The van der Waals surface area contributed by atoms with E-state index in [1.54, 1.807) is 0 Å². The number of hydrogen-bond acceptors (Lipinski definition) is 5. The molecule has 14 heavy (non-hydrogen) atoms. The molecule has 0 saturated carbocycles. The maximum Gasteiger partial charge on any atom is 1.00 e. The van der Waals surface area contributed by atoms with E-state index >= 15 is 0 Å². The Morgan fingerprint density at radius 3 is 1.29 bits per heavy atom. The quantitative estimate of drug-likeness (QED) is 0.318. The molecule has 0 spiro atoms. The van der Waals surface area contributed by atoms with Crippen LogP contribution in [-0.4, -0.2) is 18.5 Å². The first-order valence-electron chi connectivity index (χ1n) is 2.22. The van der Waals surface area contributed by atoms with Gasteiger partial charge in [-0.3, -0.25) is 0 Å². The summed E-state index contributed by atoms with van der Waals surface area (Å²) < 4.78 is 90.7. The molecule has 0 saturated heterocycles. The van der Waals surface area contributed by atoms with E-state index in [0.717, 1.165) is 0 Å². The molecular weight excluding hydrogens is 254 g/mol. The molecule has 0 aliphatic rings. The zero-order valence-electron chi connectivity index (χ0n) is 6.34. The normalized spacial score (nSPS) is 13.9. The molecule has 0 aromatic carbocycles. The van der Waals surface area contributed by atoms with Crippen molar-refractivity contribution < 1.29 is 57.6 Å². The fourth-order valence-electron chi connectivity index (χ4n) is 0.224. The second-order valence-corrected chi connectivity index (χ2v) is 4.87. The van der Waals surface area contributed by atoms with Gasteiger partial charge in [-0.1, -0.05) is 0 Å². The third-order valence-corrected chi connectivity index (χ3v) is 3.50. The van der Waals surface area contributed by atoms with Gasteiger partial charge in [0.2, 0.25) is 0 Å². The van der Waals surface area contributed by atoms with Crippen LogP contribution < -0.4 is 18.9 Å². The topological polar surface area (TPSA) is 68.3 Å². The van der Waals surface area contributed by atoms with Crippen LogP contribution in [0.2, 0.25) is 0 Å². The van der Waals surface area contributed by atoms with Crippen molar-refractivity contribution in [1.82, 2.24) is 0 Å². The van der Waals surface area contributed by atoms with Crippen LogP contribution in [0.4, 0.5) is 22.0 Å². The Morgan fingerprint density at radius 1 is 0.929 bits per heavy atom. The van der Waals surface area contributed by atoms with Crippen LogP contribution in [0.25, 0.3) is 0 Å². The molecule has 0 unspecified atom stereocenters. The van der Waals surface area contributed by atoms with Crippen molar-refractivity contribution in [2.45, 2.75) is 10.1 Å². The second-order valence-electron chi connectivity index (χ2n) is 1.65. The third-order valence-electron chi connectivity index (χ3n) is 0.812. The van der Waals surface area contributed by atoms with Gasteiger partial charge < -0.3 is 8.42 Å². The van der Waals surface area contributed by atoms with E-state index in [0.29, 0.717) is 0 Å². The molecule has 0 amide bonds. The van der Waals surface area contributed by atoms with Crippen LogP contribution >= 0.6 is 0 Å². The van der Waals surface area contributed by atoms with E-state index in [4.69, 9.17) is 0 Å². The number of sulfone groups is 1. The molecule has 0 bridgehead atoms. The summed E-state index contributed by atoms with van der Waals surface area (Å²) in [4.78, 5) is 0. The summed E-state index contributed by atoms with van der Waals surface area (Å²) >= 11 is 0. The standard InChI is InChI=1S/C2F5O4S2.Li/c3-1(4,5)13(10,11)2(6,7)12(8)9;/q-1;+1. The van der Waals surface area contributed by atoms with Gasteiger partial charge in [0.1, 0.15) is 0 Å². The summed E-state index contributed by atoms with van der Waals surface area (Å²) in [6.07, 6.45) is 0. The predicted octanol–water partition coefficient (Wildman–Crippen LogP) is -2.22. The Morgan fingerprint density at radius 2 is 1.21 bits per heavy atom. The van der Waals surface area contributed by atoms with Crippen molar-refractivity contribution in [3.8, 4) is 0 Å². The van der Waals surface area contributed by atoms with Gasteiger partial charge >= 0.3 is 29.0 Å². The van der Waals surface area contributed by atoms with Crippen LogP contribution in [0.3, 0.4) is 0 Å². The molecular formula is C2F5LiO4S2. The van der Waals surface area contributed by atoms with E-state index in [1.807, 2.05) is 0 Å². The third kappa shape index (κ3) is 2.59. The summed E-state index contributed by atoms with van der Waals surface area (Å²) in [7, 11) is -11.7. The number of rotatable bonds is 2. The molecule has 0 aromatic heterocycles. The Labute approximate surface area is 88.5 Å². The molecule has 12 heteroatoms. The first kappa shape index (κ1) is 16.6. The summed E-state index contributed by atoms with van der Waals surface area (Å²) in [6.45, 7) is 0. The Kier molecular flexibility index (Phi) is 5.14. The molecule has 0 heterocycles. The number of alkyl halides is 5. The van der Waals surface area contributed by atoms with Crippen molar-refractivity contribution in [2.24, 2.45) is 0 Å². The summed E-state index contributed by atoms with van der Waals surface area (Å²) in [5.74, 6) is 0. The first-order chi connectivity index (χ1) is 5.44. The van der Waals surface area contributed by atoms with Crippen molar-refractivity contribution in [2.75, 3.05) is 0 Å². The van der Waals surface area contributed by atoms with E-state index in [1.165, 1.54) is 0 Å². The Hall–Kier alpha value is 0.147. The predicted molar refractivity (Wildman–Crippen MR) is 28.7 cm³/mol. The average Bonchev–Trinajstić information content (AvgIpc) is 1.84. The molecule has 4 nitrogen and oxygen atoms in total. The van der Waals surface area contributed by atoms with Crippen LogP contribution in [0.1, 0.15) is 0 Å². The van der Waals surface area contributed by atoms with Gasteiger partial charge in [-0.25, -0.2) is 17.2 Å². The zero-order valence-corrected chi connectivity index (χ0v) is 7.97. The maximum absolute atomic E-state index is 11.9. The maximum atomic E-state index is 11.9. The molecule has 0 aliphatic carbocycles. The molecule has 80 valence electrons. The SMILES string of the molecule is O=[S-](=O)C(F)(F)S(=O)(=O)C(F)(F)F.[Li+]. The van der Waals surface area contributed by atoms with Crippen LogP contribution in [0, 0.1) is 0 Å². The fourth-order valence-corrected chi connectivity index (χ4v) is 1.49. The number of hydrogen-bond donors (Lipinski definition) is 0. The Bertz CT molecular complexity index is 358. The minimum Gasteiger partial charge on any atom is -0.418 e. The largest absolute Gasteiger partial charge is 1.00 e. The van der Waals surface area contributed by atoms with Crippen LogP contribution in [0.5, 0.6) is 0 Å². The van der Waals surface area contributed by atoms with Gasteiger partial charge in [0.25, 0.3) is 9.84 Å². The first-order valence-corrected chi connectivity index (χ1v) is 4.78. The van der Waals surface area contributed by atoms with E-state index < -0.39 is 30.6 Å². The number of halogens is 5. The minimum absolute atomic E-state index is 0. The van der Waals surface area contributed by atoms with E-state index in [2.05, 4.69) is 0 Å².